The number of rotatable bonds is 8. The Morgan fingerprint density at radius 1 is 0.417 bits per heavy atom. The first kappa shape index (κ1) is 34.0. The van der Waals surface area contributed by atoms with Crippen LogP contribution in [-0.4, -0.2) is 29.1 Å². The fraction of sp³-hybridized carbons (Fsp3) is 0.0385. The Hall–Kier alpha value is -8.10. The molecule has 0 aliphatic rings. The van der Waals surface area contributed by atoms with Crippen LogP contribution in [0, 0.1) is 13.8 Å². The second-order valence-electron chi connectivity index (χ2n) is 14.9. The van der Waals surface area contributed by atoms with E-state index in [1.54, 1.807) is 18.5 Å². The van der Waals surface area contributed by atoms with Crippen molar-refractivity contribution >= 4 is 43.6 Å². The van der Waals surface area contributed by atoms with Gasteiger partial charge in [-0.1, -0.05) is 60.7 Å². The third-order valence-corrected chi connectivity index (χ3v) is 10.9. The van der Waals surface area contributed by atoms with Crippen molar-refractivity contribution in [2.45, 2.75) is 13.8 Å². The van der Waals surface area contributed by atoms with E-state index in [1.807, 2.05) is 91.3 Å². The summed E-state index contributed by atoms with van der Waals surface area (Å²) in [6.45, 7) is 4.14. The van der Waals surface area contributed by atoms with E-state index in [4.69, 9.17) is 30.8 Å². The molecule has 0 radical (unpaired) electrons. The van der Waals surface area contributed by atoms with Gasteiger partial charge in [0.2, 0.25) is 0 Å². The van der Waals surface area contributed by atoms with E-state index in [2.05, 4.69) is 89.7 Å². The maximum atomic E-state index is 8.71. The second kappa shape index (κ2) is 14.4. The molecule has 8 nitrogen and oxygen atoms in total. The summed E-state index contributed by atoms with van der Waals surface area (Å²) in [5.41, 5.74) is 9.42. The van der Waals surface area contributed by atoms with Gasteiger partial charge in [0.05, 0.1) is 47.2 Å². The summed E-state index contributed by atoms with van der Waals surface area (Å²) in [6.07, 6.45) is 7.18. The molecule has 0 spiro atoms. The molecular formula is C52H36N6O2. The average molecular weight is 778 g/mol. The van der Waals surface area contributed by atoms with E-state index in [1.165, 1.54) is 0 Å². The molecule has 8 heteroatoms. The number of benzene rings is 6. The summed E-state index contributed by atoms with van der Waals surface area (Å²) in [6, 6.07) is 50.6. The summed E-state index contributed by atoms with van der Waals surface area (Å²) in [5.74, 6) is 4.12. The topological polar surface area (TPSA) is 79.9 Å². The maximum absolute atomic E-state index is 8.71. The Labute approximate surface area is 347 Å². The van der Waals surface area contributed by atoms with Gasteiger partial charge in [-0.3, -0.25) is 19.1 Å². The van der Waals surface area contributed by atoms with E-state index in [-0.39, 0.29) is 6.04 Å². The van der Waals surface area contributed by atoms with Crippen LogP contribution in [0.3, 0.4) is 0 Å². The van der Waals surface area contributed by atoms with E-state index < -0.39 is 0 Å². The fourth-order valence-electron chi connectivity index (χ4n) is 8.08. The van der Waals surface area contributed by atoms with Gasteiger partial charge >= 0.3 is 0 Å². The molecule has 6 aromatic carbocycles. The number of fused-ring (bicyclic) bond motifs is 6. The summed E-state index contributed by atoms with van der Waals surface area (Å²) in [7, 11) is 0. The molecule has 0 fully saturated rings. The van der Waals surface area contributed by atoms with Gasteiger partial charge in [-0.15, -0.1) is 0 Å². The van der Waals surface area contributed by atoms with Crippen molar-refractivity contribution in [2.75, 3.05) is 0 Å². The number of aromatic nitrogens is 6. The van der Waals surface area contributed by atoms with Gasteiger partial charge in [-0.25, -0.2) is 9.97 Å². The van der Waals surface area contributed by atoms with Gasteiger partial charge in [0.15, 0.2) is 0 Å². The largest absolute Gasteiger partial charge is 0.457 e. The lowest BCUT2D eigenvalue weighted by atomic mass is 10.1. The second-order valence-corrected chi connectivity index (χ2v) is 14.9. The number of hydrogen-bond donors (Lipinski definition) is 0. The van der Waals surface area contributed by atoms with Gasteiger partial charge in [0, 0.05) is 57.2 Å². The Morgan fingerprint density at radius 3 is 1.45 bits per heavy atom. The Kier molecular flexibility index (Phi) is 8.14. The Morgan fingerprint density at radius 2 is 0.900 bits per heavy atom. The highest BCUT2D eigenvalue weighted by atomic mass is 16.5. The zero-order valence-corrected chi connectivity index (χ0v) is 32.7. The van der Waals surface area contributed by atoms with Crippen molar-refractivity contribution in [3.05, 3.63) is 194 Å². The summed E-state index contributed by atoms with van der Waals surface area (Å²) >= 11 is 0. The molecule has 0 atom stereocenters. The molecule has 0 bridgehead atoms. The first-order valence-electron chi connectivity index (χ1n) is 20.3. The first-order valence-corrected chi connectivity index (χ1v) is 19.8. The summed E-state index contributed by atoms with van der Waals surface area (Å²) in [5, 5.41) is 4.51. The van der Waals surface area contributed by atoms with Crippen molar-refractivity contribution in [2.24, 2.45) is 0 Å². The molecule has 0 aliphatic heterocycles. The van der Waals surface area contributed by atoms with Crippen LogP contribution < -0.4 is 9.47 Å². The molecule has 286 valence electrons. The fourth-order valence-corrected chi connectivity index (χ4v) is 8.08. The molecule has 0 unspecified atom stereocenters. The van der Waals surface area contributed by atoms with Crippen LogP contribution in [0.15, 0.2) is 182 Å². The van der Waals surface area contributed by atoms with Crippen molar-refractivity contribution in [3.63, 3.8) is 0 Å². The molecule has 0 saturated carbocycles. The zero-order chi connectivity index (χ0) is 41.0. The van der Waals surface area contributed by atoms with Gasteiger partial charge in [-0.05, 0) is 110 Å². The third-order valence-electron chi connectivity index (χ3n) is 10.9. The van der Waals surface area contributed by atoms with Crippen molar-refractivity contribution in [1.29, 1.82) is 0 Å². The molecule has 11 rings (SSSR count). The lowest BCUT2D eigenvalue weighted by molar-refractivity contribution is 0.483. The number of ether oxygens (including phenoxy) is 2. The Balaban J connectivity index is 0.862. The van der Waals surface area contributed by atoms with Crippen LogP contribution in [0.2, 0.25) is 0 Å². The lowest BCUT2D eigenvalue weighted by Gasteiger charge is -2.11. The van der Waals surface area contributed by atoms with E-state index in [0.29, 0.717) is 34.4 Å². The smallest absolute Gasteiger partial charge is 0.137 e. The lowest BCUT2D eigenvalue weighted by Crippen LogP contribution is -1.97. The molecular weight excluding hydrogens is 741 g/mol. The average Bonchev–Trinajstić information content (AvgIpc) is 3.79. The van der Waals surface area contributed by atoms with Crippen molar-refractivity contribution in [1.82, 2.24) is 29.1 Å². The van der Waals surface area contributed by atoms with Crippen LogP contribution in [-0.2, 0) is 0 Å². The number of hydrogen-bond acceptors (Lipinski definition) is 6. The minimum Gasteiger partial charge on any atom is -0.457 e. The summed E-state index contributed by atoms with van der Waals surface area (Å²) < 4.78 is 26.0. The first-order chi connectivity index (χ1) is 29.9. The monoisotopic (exact) mass is 777 g/mol. The van der Waals surface area contributed by atoms with Crippen LogP contribution in [0.4, 0.5) is 0 Å². The number of nitrogens with zero attached hydrogens (tertiary/aromatic N) is 6. The van der Waals surface area contributed by atoms with Gasteiger partial charge in [0.25, 0.3) is 0 Å². The SMILES string of the molecule is [2H]c1ccc(-c2cnc(-c3cccc(Oc4ccc5c6ccccc6n(-c6cc(C)ccn6)c5c4)c3)cn2)cc1Oc1ccc2c3ccccc3n(-c3cc(C)ccn3)c2c1. The van der Waals surface area contributed by atoms with Crippen molar-refractivity contribution < 1.29 is 10.8 Å². The minimum absolute atomic E-state index is 0.263. The van der Waals surface area contributed by atoms with Crippen LogP contribution in [0.5, 0.6) is 23.0 Å². The highest BCUT2D eigenvalue weighted by Crippen LogP contribution is 2.37. The quantitative estimate of drug-likeness (QED) is 0.153. The van der Waals surface area contributed by atoms with Crippen molar-refractivity contribution in [3.8, 4) is 57.1 Å². The Bertz CT molecular complexity index is 3480. The van der Waals surface area contributed by atoms with Gasteiger partial charge in [0.1, 0.15) is 34.6 Å². The molecule has 0 N–H and O–H groups in total. The highest BCUT2D eigenvalue weighted by molar-refractivity contribution is 6.10. The third kappa shape index (κ3) is 6.27. The molecule has 11 aromatic rings. The molecule has 0 amide bonds. The zero-order valence-electron chi connectivity index (χ0n) is 33.7. The van der Waals surface area contributed by atoms with Gasteiger partial charge in [-0.2, -0.15) is 0 Å². The number of aryl methyl sites for hydroxylation is 2. The predicted octanol–water partition coefficient (Wildman–Crippen LogP) is 13.0. The molecule has 5 heterocycles. The van der Waals surface area contributed by atoms with Gasteiger partial charge < -0.3 is 9.47 Å². The minimum atomic E-state index is 0.263. The normalized spacial score (nSPS) is 11.7. The van der Waals surface area contributed by atoms with E-state index in [0.717, 1.165) is 77.5 Å². The standard InChI is InChI=1S/C52H36N6O2/c1-33-21-23-53-51(25-33)57-47-15-5-3-13-41(47)43-19-17-39(29-49(43)57)59-37-11-7-9-35(27-37)45-31-56-46(32-55-45)36-10-8-12-38(28-36)60-40-18-20-44-42-14-4-6-16-48(42)58(50(44)30-40)52-26-34(2)22-24-54-52/h3-32H,1-2H3/i11D. The molecule has 60 heavy (non-hydrogen) atoms. The number of pyridine rings is 2. The van der Waals surface area contributed by atoms with Crippen LogP contribution >= 0.6 is 0 Å². The molecule has 0 saturated heterocycles. The number of para-hydroxylation sites is 2. The molecule has 5 aromatic heterocycles. The van der Waals surface area contributed by atoms with E-state index in [9.17, 15) is 0 Å². The van der Waals surface area contributed by atoms with Crippen LogP contribution in [0.1, 0.15) is 12.5 Å². The highest BCUT2D eigenvalue weighted by Gasteiger charge is 2.16. The maximum Gasteiger partial charge on any atom is 0.137 e. The van der Waals surface area contributed by atoms with Crippen LogP contribution in [0.25, 0.3) is 77.8 Å². The molecule has 0 aliphatic carbocycles. The summed E-state index contributed by atoms with van der Waals surface area (Å²) in [4.78, 5) is 19.0. The predicted molar refractivity (Wildman–Crippen MR) is 240 cm³/mol. The van der Waals surface area contributed by atoms with E-state index >= 15 is 0 Å².